The van der Waals surface area contributed by atoms with Crippen molar-refractivity contribution in [2.45, 2.75) is 173 Å². The lowest BCUT2D eigenvalue weighted by molar-refractivity contribution is 0.0492. The summed E-state index contributed by atoms with van der Waals surface area (Å²) in [5, 5.41) is 0.391. The Labute approximate surface area is 277 Å². The van der Waals surface area contributed by atoms with Gasteiger partial charge >= 0.3 is 8.80 Å². The molecule has 0 saturated carbocycles. The lowest BCUT2D eigenvalue weighted by atomic mass is 10.0. The normalized spacial score (nSPS) is 13.0. The molecule has 0 spiro atoms. The van der Waals surface area contributed by atoms with E-state index in [4.69, 9.17) is 25.9 Å². The zero-order chi connectivity index (χ0) is 31.9. The molecule has 0 rings (SSSR count). The Hall–Kier alpha value is 0.367. The van der Waals surface area contributed by atoms with Crippen molar-refractivity contribution in [3.05, 3.63) is 0 Å². The second-order valence-electron chi connectivity index (χ2n) is 13.5. The highest BCUT2D eigenvalue weighted by atomic mass is 32.1. The van der Waals surface area contributed by atoms with E-state index in [0.29, 0.717) is 18.5 Å². The Morgan fingerprint density at radius 1 is 0.465 bits per heavy atom. The van der Waals surface area contributed by atoms with E-state index < -0.39 is 8.80 Å². The van der Waals surface area contributed by atoms with Gasteiger partial charge < -0.3 is 23.1 Å². The van der Waals surface area contributed by atoms with Crippen LogP contribution in [0.1, 0.15) is 162 Å². The van der Waals surface area contributed by atoms with Crippen LogP contribution in [-0.2, 0) is 13.3 Å². The van der Waals surface area contributed by atoms with Gasteiger partial charge in [-0.2, -0.15) is 12.6 Å². The molecule has 1 atom stereocenters. The first kappa shape index (κ1) is 43.4. The molecule has 0 aromatic heterocycles. The molecule has 0 aromatic carbocycles. The fraction of sp³-hybridized carbons (Fsp3) is 1.00. The monoisotopic (exact) mass is 647 g/mol. The van der Waals surface area contributed by atoms with Crippen molar-refractivity contribution in [2.24, 2.45) is 0 Å². The molecule has 1 unspecified atom stereocenters. The quantitative estimate of drug-likeness (QED) is 0.0421. The maximum absolute atomic E-state index is 6.64. The van der Waals surface area contributed by atoms with E-state index in [1.165, 1.54) is 135 Å². The van der Waals surface area contributed by atoms with Gasteiger partial charge in [-0.1, -0.05) is 142 Å². The summed E-state index contributed by atoms with van der Waals surface area (Å²) in [4.78, 5) is 4.35. The van der Waals surface area contributed by atoms with Crippen LogP contribution in [0.5, 0.6) is 0 Å². The van der Waals surface area contributed by atoms with Crippen molar-refractivity contribution >= 4 is 21.4 Å². The molecule has 0 aliphatic heterocycles. The van der Waals surface area contributed by atoms with E-state index >= 15 is 0 Å². The molecular formula is C36H78N2O3SSi. The number of unbranched alkanes of at least 4 members (excludes halogenated alkanes) is 19. The molecule has 0 N–H and O–H groups in total. The standard InChI is InChI=1S/C36H78N2O3SSi/c1-7-9-11-13-14-15-16-17-18-19-20-21-22-23-25-27-32-39-43(40-33-30-37(3)4,41-34-31-38(5)6)35-29-36(42)28-26-24-12-10-8-2/h36,42H,7-35H2,1-6H3. The molecule has 0 bridgehead atoms. The summed E-state index contributed by atoms with van der Waals surface area (Å²) in [6, 6.07) is 0.871. The minimum Gasteiger partial charge on any atom is -0.373 e. The highest BCUT2D eigenvalue weighted by Crippen LogP contribution is 2.24. The van der Waals surface area contributed by atoms with Gasteiger partial charge in [0.15, 0.2) is 0 Å². The van der Waals surface area contributed by atoms with Crippen LogP contribution in [0.15, 0.2) is 0 Å². The lowest BCUT2D eigenvalue weighted by Crippen LogP contribution is -2.48. The highest BCUT2D eigenvalue weighted by Gasteiger charge is 2.41. The summed E-state index contributed by atoms with van der Waals surface area (Å²) in [7, 11) is 5.62. The third-order valence-corrected chi connectivity index (χ3v) is 11.8. The maximum Gasteiger partial charge on any atom is 0.501 e. The first-order chi connectivity index (χ1) is 20.8. The molecule has 0 aliphatic rings. The fourth-order valence-corrected chi connectivity index (χ4v) is 8.66. The molecule has 43 heavy (non-hydrogen) atoms. The smallest absolute Gasteiger partial charge is 0.373 e. The predicted molar refractivity (Wildman–Crippen MR) is 196 cm³/mol. The Balaban J connectivity index is 4.41. The highest BCUT2D eigenvalue weighted by molar-refractivity contribution is 7.80. The van der Waals surface area contributed by atoms with Gasteiger partial charge in [0.25, 0.3) is 0 Å². The average molecular weight is 647 g/mol. The summed E-state index contributed by atoms with van der Waals surface area (Å²) in [6.07, 6.45) is 30.9. The van der Waals surface area contributed by atoms with Gasteiger partial charge in [0.2, 0.25) is 0 Å². The number of rotatable bonds is 35. The Kier molecular flexibility index (Phi) is 32.6. The molecule has 0 saturated heterocycles. The fourth-order valence-electron chi connectivity index (χ4n) is 5.46. The van der Waals surface area contributed by atoms with Crippen molar-refractivity contribution < 1.29 is 13.3 Å². The zero-order valence-corrected chi connectivity index (χ0v) is 32.0. The van der Waals surface area contributed by atoms with Crippen LogP contribution < -0.4 is 0 Å². The summed E-state index contributed by atoms with van der Waals surface area (Å²) in [5.41, 5.74) is 0. The van der Waals surface area contributed by atoms with Crippen molar-refractivity contribution in [3.63, 3.8) is 0 Å². The Bertz CT molecular complexity index is 543. The molecule has 0 aliphatic carbocycles. The maximum atomic E-state index is 6.64. The first-order valence-corrected chi connectivity index (χ1v) is 21.2. The number of likely N-dealkylation sites (N-methyl/N-ethyl adjacent to an activating group) is 2. The second kappa shape index (κ2) is 32.3. The van der Waals surface area contributed by atoms with E-state index in [9.17, 15) is 0 Å². The molecule has 0 fully saturated rings. The van der Waals surface area contributed by atoms with Crippen LogP contribution in [0, 0.1) is 0 Å². The van der Waals surface area contributed by atoms with Crippen LogP contribution in [-0.4, -0.2) is 85.0 Å². The van der Waals surface area contributed by atoms with Crippen LogP contribution in [0.4, 0.5) is 0 Å². The van der Waals surface area contributed by atoms with Crippen LogP contribution in [0.2, 0.25) is 6.04 Å². The third-order valence-electron chi connectivity index (χ3n) is 8.47. The van der Waals surface area contributed by atoms with E-state index in [1.807, 2.05) is 0 Å². The Morgan fingerprint density at radius 3 is 1.21 bits per heavy atom. The van der Waals surface area contributed by atoms with E-state index in [-0.39, 0.29) is 0 Å². The average Bonchev–Trinajstić information content (AvgIpc) is 2.97. The summed E-state index contributed by atoms with van der Waals surface area (Å²) < 4.78 is 19.8. The third kappa shape index (κ3) is 30.8. The topological polar surface area (TPSA) is 34.2 Å². The summed E-state index contributed by atoms with van der Waals surface area (Å²) in [5.74, 6) is 0. The minimum absolute atomic E-state index is 0.391. The predicted octanol–water partition coefficient (Wildman–Crippen LogP) is 10.4. The number of hydrogen-bond acceptors (Lipinski definition) is 6. The Morgan fingerprint density at radius 2 is 0.814 bits per heavy atom. The van der Waals surface area contributed by atoms with Gasteiger partial charge in [0.05, 0.1) is 13.2 Å². The van der Waals surface area contributed by atoms with E-state index in [2.05, 4.69) is 51.8 Å². The summed E-state index contributed by atoms with van der Waals surface area (Å²) in [6.45, 7) is 8.42. The van der Waals surface area contributed by atoms with Gasteiger partial charge in [-0.3, -0.25) is 0 Å². The second-order valence-corrected chi connectivity index (χ2v) is 17.0. The lowest BCUT2D eigenvalue weighted by Gasteiger charge is -2.31. The first-order valence-electron chi connectivity index (χ1n) is 18.7. The minimum atomic E-state index is -2.76. The molecule has 0 aromatic rings. The van der Waals surface area contributed by atoms with Crippen molar-refractivity contribution in [1.82, 2.24) is 9.80 Å². The molecule has 7 heteroatoms. The summed E-state index contributed by atoms with van der Waals surface area (Å²) >= 11 is 4.96. The van der Waals surface area contributed by atoms with Gasteiger partial charge in [-0.15, -0.1) is 0 Å². The zero-order valence-electron chi connectivity index (χ0n) is 30.1. The van der Waals surface area contributed by atoms with Gasteiger partial charge in [-0.05, 0) is 47.5 Å². The molecular weight excluding hydrogens is 569 g/mol. The van der Waals surface area contributed by atoms with Crippen molar-refractivity contribution in [1.29, 1.82) is 0 Å². The molecule has 0 amide bonds. The van der Waals surface area contributed by atoms with Crippen molar-refractivity contribution in [2.75, 3.05) is 61.1 Å². The molecule has 260 valence electrons. The van der Waals surface area contributed by atoms with Crippen LogP contribution >= 0.6 is 12.6 Å². The van der Waals surface area contributed by atoms with Crippen molar-refractivity contribution in [3.8, 4) is 0 Å². The van der Waals surface area contributed by atoms with Gasteiger partial charge in [0, 0.05) is 31.0 Å². The van der Waals surface area contributed by atoms with Gasteiger partial charge in [0.1, 0.15) is 0 Å². The van der Waals surface area contributed by atoms with Crippen LogP contribution in [0.25, 0.3) is 0 Å². The largest absolute Gasteiger partial charge is 0.501 e. The number of hydrogen-bond donors (Lipinski definition) is 1. The molecule has 0 heterocycles. The number of thiol groups is 1. The van der Waals surface area contributed by atoms with E-state index in [0.717, 1.165) is 38.6 Å². The van der Waals surface area contributed by atoms with Gasteiger partial charge in [-0.25, -0.2) is 0 Å². The van der Waals surface area contributed by atoms with Crippen LogP contribution in [0.3, 0.4) is 0 Å². The molecule has 0 radical (unpaired) electrons. The molecule has 5 nitrogen and oxygen atoms in total. The number of nitrogens with zero attached hydrogens (tertiary/aromatic N) is 2. The van der Waals surface area contributed by atoms with E-state index in [1.54, 1.807) is 0 Å². The SMILES string of the molecule is CCCCCCCCCCCCCCCCCCO[Si](CCC(S)CCCCCCC)(OCCN(C)C)OCCN(C)C.